The molecule has 0 radical (unpaired) electrons. The van der Waals surface area contributed by atoms with Crippen LogP contribution in [-0.4, -0.2) is 77.5 Å². The molecule has 1 saturated heterocycles. The highest BCUT2D eigenvalue weighted by Gasteiger charge is 2.27. The Labute approximate surface area is 136 Å². The molecule has 8 nitrogen and oxygen atoms in total. The van der Waals surface area contributed by atoms with E-state index in [4.69, 9.17) is 4.74 Å². The lowest BCUT2D eigenvalue weighted by Crippen LogP contribution is -2.41. The molecule has 1 aliphatic heterocycles. The standard InChI is InChI=1S/C14H22N4O4S/c1-16(2)14(19)11-17(3)13-5-4-12(10-15-13)23(20,21)18-6-8-22-9-7-18/h4-5,10H,6-9,11H2,1-3H3/p+1. The van der Waals surface area contributed by atoms with Gasteiger partial charge in [-0.25, -0.2) is 13.4 Å². The quantitative estimate of drug-likeness (QED) is 0.688. The second-order valence-electron chi connectivity index (χ2n) is 5.57. The van der Waals surface area contributed by atoms with Crippen LogP contribution in [0.4, 0.5) is 5.82 Å². The predicted octanol–water partition coefficient (Wildman–Crippen LogP) is -0.954. The van der Waals surface area contributed by atoms with Crippen LogP contribution in [0.25, 0.3) is 0 Å². The molecule has 1 aromatic heterocycles. The number of carbonyl (C=O) groups is 1. The van der Waals surface area contributed by atoms with E-state index in [9.17, 15) is 13.2 Å². The second kappa shape index (κ2) is 7.24. The summed E-state index contributed by atoms with van der Waals surface area (Å²) < 4.78 is 31.6. The van der Waals surface area contributed by atoms with Gasteiger partial charge in [0, 0.05) is 33.3 Å². The van der Waals surface area contributed by atoms with Crippen LogP contribution in [0, 0.1) is 0 Å². The zero-order chi connectivity index (χ0) is 17.0. The van der Waals surface area contributed by atoms with Crippen molar-refractivity contribution >= 4 is 21.7 Å². The van der Waals surface area contributed by atoms with Gasteiger partial charge in [-0.05, 0) is 6.07 Å². The number of nitrogens with one attached hydrogen (secondary N) is 1. The summed E-state index contributed by atoms with van der Waals surface area (Å²) in [4.78, 5) is 18.1. The van der Waals surface area contributed by atoms with Gasteiger partial charge in [0.2, 0.25) is 10.0 Å². The van der Waals surface area contributed by atoms with Crippen molar-refractivity contribution in [3.8, 4) is 0 Å². The smallest absolute Gasteiger partial charge is 0.274 e. The first-order valence-electron chi connectivity index (χ1n) is 7.33. The van der Waals surface area contributed by atoms with Crippen LogP contribution >= 0.6 is 0 Å². The van der Waals surface area contributed by atoms with E-state index in [-0.39, 0.29) is 17.3 Å². The molecule has 0 atom stereocenters. The minimum atomic E-state index is -3.51. The number of pyridine rings is 1. The summed E-state index contributed by atoms with van der Waals surface area (Å²) in [5, 5.41) is 0. The minimum absolute atomic E-state index is 0.0362. The lowest BCUT2D eigenvalue weighted by atomic mass is 10.4. The van der Waals surface area contributed by atoms with Crippen molar-refractivity contribution in [1.29, 1.82) is 0 Å². The molecular formula is C14H23N4O4S+. The Kier molecular flexibility index (Phi) is 5.55. The molecule has 2 heterocycles. The van der Waals surface area contributed by atoms with Gasteiger partial charge in [0.05, 0.1) is 20.3 Å². The van der Waals surface area contributed by atoms with Crippen molar-refractivity contribution in [1.82, 2.24) is 9.21 Å². The number of anilines is 1. The van der Waals surface area contributed by atoms with Crippen LogP contribution in [0.15, 0.2) is 23.2 Å². The van der Waals surface area contributed by atoms with Gasteiger partial charge in [-0.3, -0.25) is 9.69 Å². The fourth-order valence-corrected chi connectivity index (χ4v) is 3.54. The number of sulfonamides is 1. The molecule has 0 spiro atoms. The zero-order valence-electron chi connectivity index (χ0n) is 13.7. The number of morpholine rings is 1. The third kappa shape index (κ3) is 4.18. The van der Waals surface area contributed by atoms with Crippen molar-refractivity contribution in [2.75, 3.05) is 58.9 Å². The Bertz CT molecular complexity index is 639. The number of nitrogens with zero attached hydrogens (tertiary/aromatic N) is 3. The summed E-state index contributed by atoms with van der Waals surface area (Å²) in [6.07, 6.45) is 1.46. The molecule has 0 saturated carbocycles. The monoisotopic (exact) mass is 343 g/mol. The summed E-state index contributed by atoms with van der Waals surface area (Å²) in [5.41, 5.74) is 0. The van der Waals surface area contributed by atoms with Crippen molar-refractivity contribution in [3.63, 3.8) is 0 Å². The molecule has 0 aliphatic carbocycles. The molecule has 23 heavy (non-hydrogen) atoms. The number of likely N-dealkylation sites (N-methyl/N-ethyl adjacent to an activating group) is 2. The topological polar surface area (TPSA) is 84.3 Å². The number of amides is 1. The molecule has 1 aromatic rings. The van der Waals surface area contributed by atoms with E-state index >= 15 is 0 Å². The lowest BCUT2D eigenvalue weighted by Gasteiger charge is -2.25. The van der Waals surface area contributed by atoms with E-state index in [0.29, 0.717) is 32.1 Å². The number of rotatable bonds is 5. The fourth-order valence-electron chi connectivity index (χ4n) is 2.17. The molecule has 2 rings (SSSR count). The number of carbonyl (C=O) groups excluding carboxylic acids is 1. The summed E-state index contributed by atoms with van der Waals surface area (Å²) >= 11 is 0. The molecular weight excluding hydrogens is 320 g/mol. The first-order chi connectivity index (χ1) is 10.8. The van der Waals surface area contributed by atoms with E-state index in [1.54, 1.807) is 38.2 Å². The molecule has 1 aliphatic rings. The van der Waals surface area contributed by atoms with Gasteiger partial charge >= 0.3 is 0 Å². The van der Waals surface area contributed by atoms with Crippen molar-refractivity contribution < 1.29 is 22.9 Å². The average Bonchev–Trinajstić information content (AvgIpc) is 2.55. The first-order valence-corrected chi connectivity index (χ1v) is 8.77. The summed E-state index contributed by atoms with van der Waals surface area (Å²) in [7, 11) is 1.64. The van der Waals surface area contributed by atoms with Crippen molar-refractivity contribution in [2.45, 2.75) is 4.90 Å². The van der Waals surface area contributed by atoms with Crippen LogP contribution < -0.4 is 9.88 Å². The zero-order valence-corrected chi connectivity index (χ0v) is 14.5. The molecule has 128 valence electrons. The van der Waals surface area contributed by atoms with Crippen LogP contribution in [0.1, 0.15) is 0 Å². The summed E-state index contributed by atoms with van der Waals surface area (Å²) in [6.45, 7) is 1.76. The highest BCUT2D eigenvalue weighted by atomic mass is 32.2. The van der Waals surface area contributed by atoms with Gasteiger partial charge in [0.15, 0.2) is 6.54 Å². The normalized spacial score (nSPS) is 16.1. The average molecular weight is 343 g/mol. The Morgan fingerprint density at radius 2 is 1.91 bits per heavy atom. The predicted molar refractivity (Wildman–Crippen MR) is 84.5 cm³/mol. The van der Waals surface area contributed by atoms with Gasteiger partial charge < -0.3 is 9.64 Å². The fraction of sp³-hybridized carbons (Fsp3) is 0.571. The minimum Gasteiger partial charge on any atom is -0.379 e. The second-order valence-corrected chi connectivity index (χ2v) is 7.51. The largest absolute Gasteiger partial charge is 0.379 e. The number of aromatic amines is 1. The molecule has 0 unspecified atom stereocenters. The summed E-state index contributed by atoms with van der Waals surface area (Å²) in [6, 6.07) is 3.21. The first kappa shape index (κ1) is 17.6. The Morgan fingerprint density at radius 3 is 2.43 bits per heavy atom. The Hall–Kier alpha value is -1.71. The van der Waals surface area contributed by atoms with Gasteiger partial charge in [0.25, 0.3) is 11.7 Å². The van der Waals surface area contributed by atoms with E-state index in [1.165, 1.54) is 15.4 Å². The number of H-pyrrole nitrogens is 1. The van der Waals surface area contributed by atoms with E-state index < -0.39 is 10.0 Å². The Balaban J connectivity index is 2.11. The number of ether oxygens (including phenoxy) is 1. The molecule has 0 aromatic carbocycles. The van der Waals surface area contributed by atoms with E-state index in [1.807, 2.05) is 0 Å². The van der Waals surface area contributed by atoms with Gasteiger partial charge in [-0.15, -0.1) is 0 Å². The maximum atomic E-state index is 12.5. The van der Waals surface area contributed by atoms with Gasteiger partial charge in [-0.2, -0.15) is 4.31 Å². The molecule has 1 amide bonds. The SMILES string of the molecule is CN(C)C(=O)CN(C)c1ccc(S(=O)(=O)N2CCOCC2)c[nH+]1. The van der Waals surface area contributed by atoms with Crippen molar-refractivity contribution in [3.05, 3.63) is 18.3 Å². The Morgan fingerprint density at radius 1 is 1.26 bits per heavy atom. The van der Waals surface area contributed by atoms with E-state index in [2.05, 4.69) is 4.98 Å². The highest BCUT2D eigenvalue weighted by molar-refractivity contribution is 7.89. The molecule has 1 fully saturated rings. The highest BCUT2D eigenvalue weighted by Crippen LogP contribution is 2.16. The van der Waals surface area contributed by atoms with E-state index in [0.717, 1.165) is 0 Å². The number of aromatic nitrogens is 1. The molecule has 9 heteroatoms. The van der Waals surface area contributed by atoms with Crippen LogP contribution in [-0.2, 0) is 19.6 Å². The van der Waals surface area contributed by atoms with Crippen LogP contribution in [0.3, 0.4) is 0 Å². The number of hydrogen-bond acceptors (Lipinski definition) is 5. The molecule has 1 N–H and O–H groups in total. The van der Waals surface area contributed by atoms with Gasteiger partial charge in [0.1, 0.15) is 11.1 Å². The van der Waals surface area contributed by atoms with Crippen LogP contribution in [0.2, 0.25) is 0 Å². The maximum Gasteiger partial charge on any atom is 0.274 e. The van der Waals surface area contributed by atoms with Crippen molar-refractivity contribution in [2.24, 2.45) is 0 Å². The summed E-state index contributed by atoms with van der Waals surface area (Å²) in [5.74, 6) is 0.632. The van der Waals surface area contributed by atoms with Crippen LogP contribution in [0.5, 0.6) is 0 Å². The third-order valence-corrected chi connectivity index (χ3v) is 5.55. The number of hydrogen-bond donors (Lipinski definition) is 0. The lowest BCUT2D eigenvalue weighted by molar-refractivity contribution is -0.366. The maximum absolute atomic E-state index is 12.5. The molecule has 0 bridgehead atoms. The van der Waals surface area contributed by atoms with Gasteiger partial charge in [-0.1, -0.05) is 0 Å². The third-order valence-electron chi connectivity index (χ3n) is 3.66.